The maximum Gasteiger partial charge on any atom is 0.358 e. The number of furan rings is 1. The highest BCUT2D eigenvalue weighted by Crippen LogP contribution is 2.31. The molecule has 0 spiro atoms. The van der Waals surface area contributed by atoms with Gasteiger partial charge in [-0.2, -0.15) is 0 Å². The molecule has 0 saturated heterocycles. The van der Waals surface area contributed by atoms with Crippen molar-refractivity contribution < 1.29 is 13.9 Å². The minimum Gasteiger partial charge on any atom is -0.467 e. The van der Waals surface area contributed by atoms with Crippen LogP contribution in [0.3, 0.4) is 0 Å². The number of hydrogen-bond donors (Lipinski definition) is 1. The number of hydrogen-bond acceptors (Lipinski definition) is 6. The van der Waals surface area contributed by atoms with Crippen LogP contribution >= 0.6 is 34.8 Å². The first-order chi connectivity index (χ1) is 12.5. The lowest BCUT2D eigenvalue weighted by atomic mass is 10.2. The van der Waals surface area contributed by atoms with E-state index in [2.05, 4.69) is 15.3 Å². The summed E-state index contributed by atoms with van der Waals surface area (Å²) in [4.78, 5) is 20.6. The maximum atomic E-state index is 12.0. The number of nitrogens with one attached hydrogen (secondary N) is 1. The molecule has 26 heavy (non-hydrogen) atoms. The zero-order chi connectivity index (χ0) is 18.7. The highest BCUT2D eigenvalue weighted by Gasteiger charge is 2.20. The van der Waals surface area contributed by atoms with Crippen LogP contribution in [0.25, 0.3) is 11.4 Å². The average molecular weight is 413 g/mol. The molecular weight excluding hydrogens is 401 g/mol. The molecule has 0 bridgehead atoms. The fraction of sp³-hybridized carbons (Fsp3) is 0.118. The number of halogens is 3. The molecule has 0 radical (unpaired) electrons. The second kappa shape index (κ2) is 7.95. The van der Waals surface area contributed by atoms with Crippen LogP contribution in [0, 0.1) is 0 Å². The molecule has 2 heterocycles. The van der Waals surface area contributed by atoms with Gasteiger partial charge in [0, 0.05) is 5.56 Å². The lowest BCUT2D eigenvalue weighted by molar-refractivity contribution is 0.0594. The Morgan fingerprint density at radius 3 is 2.65 bits per heavy atom. The van der Waals surface area contributed by atoms with Gasteiger partial charge in [-0.1, -0.05) is 34.8 Å². The van der Waals surface area contributed by atoms with Crippen LogP contribution in [0.4, 0.5) is 5.82 Å². The van der Waals surface area contributed by atoms with Gasteiger partial charge in [-0.05, 0) is 30.3 Å². The Hall–Kier alpha value is -2.28. The Morgan fingerprint density at radius 1 is 1.19 bits per heavy atom. The second-order valence-corrected chi connectivity index (χ2v) is 6.30. The Morgan fingerprint density at radius 2 is 2.00 bits per heavy atom. The molecule has 0 aliphatic rings. The van der Waals surface area contributed by atoms with Crippen LogP contribution in [0.1, 0.15) is 16.2 Å². The van der Waals surface area contributed by atoms with Gasteiger partial charge in [0.2, 0.25) is 0 Å². The quantitative estimate of drug-likeness (QED) is 0.588. The Labute approximate surface area is 164 Å². The molecule has 1 aromatic carbocycles. The highest BCUT2D eigenvalue weighted by atomic mass is 35.5. The Bertz CT molecular complexity index is 946. The van der Waals surface area contributed by atoms with E-state index in [0.717, 1.165) is 0 Å². The molecule has 6 nitrogen and oxygen atoms in total. The molecule has 3 rings (SSSR count). The Balaban J connectivity index is 2.04. The molecule has 0 unspecified atom stereocenters. The fourth-order valence-electron chi connectivity index (χ4n) is 2.14. The zero-order valence-electron chi connectivity index (χ0n) is 13.4. The molecule has 0 aliphatic carbocycles. The first-order valence-electron chi connectivity index (χ1n) is 7.37. The first-order valence-corrected chi connectivity index (χ1v) is 8.50. The summed E-state index contributed by atoms with van der Waals surface area (Å²) < 4.78 is 10.0. The Kier molecular flexibility index (Phi) is 5.66. The summed E-state index contributed by atoms with van der Waals surface area (Å²) in [7, 11) is 1.25. The third-order valence-corrected chi connectivity index (χ3v) is 4.51. The number of rotatable bonds is 5. The van der Waals surface area contributed by atoms with Crippen LogP contribution in [0.5, 0.6) is 0 Å². The number of methoxy groups -OCH3 is 1. The zero-order valence-corrected chi connectivity index (χ0v) is 15.7. The van der Waals surface area contributed by atoms with E-state index in [-0.39, 0.29) is 22.4 Å². The van der Waals surface area contributed by atoms with E-state index < -0.39 is 5.97 Å². The number of esters is 1. The highest BCUT2D eigenvalue weighted by molar-refractivity contribution is 6.42. The molecule has 3 aromatic rings. The summed E-state index contributed by atoms with van der Waals surface area (Å²) in [5, 5.41) is 3.81. The van der Waals surface area contributed by atoms with Gasteiger partial charge < -0.3 is 14.5 Å². The van der Waals surface area contributed by atoms with Crippen LogP contribution in [-0.4, -0.2) is 23.0 Å². The van der Waals surface area contributed by atoms with Gasteiger partial charge in [0.05, 0.1) is 30.0 Å². The van der Waals surface area contributed by atoms with Gasteiger partial charge in [-0.3, -0.25) is 0 Å². The van der Waals surface area contributed by atoms with E-state index >= 15 is 0 Å². The number of benzene rings is 1. The number of anilines is 1. The summed E-state index contributed by atoms with van der Waals surface area (Å²) >= 11 is 18.3. The number of carbonyl (C=O) groups excluding carboxylic acids is 1. The van der Waals surface area contributed by atoms with E-state index in [9.17, 15) is 4.79 Å². The molecule has 0 fully saturated rings. The number of aromatic nitrogens is 2. The van der Waals surface area contributed by atoms with E-state index in [1.54, 1.807) is 36.6 Å². The maximum absolute atomic E-state index is 12.0. The molecule has 0 atom stereocenters. The smallest absolute Gasteiger partial charge is 0.358 e. The molecular formula is C17H12Cl3N3O3. The molecule has 134 valence electrons. The number of ether oxygens (including phenoxy) is 1. The van der Waals surface area contributed by atoms with E-state index in [0.29, 0.717) is 27.9 Å². The molecule has 9 heteroatoms. The van der Waals surface area contributed by atoms with Gasteiger partial charge in [0.15, 0.2) is 11.5 Å². The standard InChI is InChI=1S/C17H12Cl3N3O3/c1-25-17(24)14-13(20)16(21-8-10-3-2-6-26-10)23-15(22-14)9-4-5-11(18)12(19)7-9/h2-7H,8H2,1H3,(H,21,22,23). The van der Waals surface area contributed by atoms with Crippen molar-refractivity contribution >= 4 is 46.6 Å². The van der Waals surface area contributed by atoms with Crippen LogP contribution in [0.15, 0.2) is 41.0 Å². The summed E-state index contributed by atoms with van der Waals surface area (Å²) in [6.07, 6.45) is 1.56. The predicted octanol–water partition coefficient (Wildman–Crippen LogP) is 5.10. The SMILES string of the molecule is COC(=O)c1nc(-c2ccc(Cl)c(Cl)c2)nc(NCc2ccco2)c1Cl. The number of carbonyl (C=O) groups is 1. The fourth-order valence-corrected chi connectivity index (χ4v) is 2.67. The average Bonchev–Trinajstić information content (AvgIpc) is 3.16. The topological polar surface area (TPSA) is 77.2 Å². The molecule has 0 aliphatic heterocycles. The minimum absolute atomic E-state index is 0.0483. The normalized spacial score (nSPS) is 10.6. The molecule has 1 N–H and O–H groups in total. The van der Waals surface area contributed by atoms with Gasteiger partial charge in [0.1, 0.15) is 16.6 Å². The third kappa shape index (κ3) is 3.93. The van der Waals surface area contributed by atoms with Gasteiger partial charge in [-0.15, -0.1) is 0 Å². The van der Waals surface area contributed by atoms with E-state index in [1.165, 1.54) is 7.11 Å². The van der Waals surface area contributed by atoms with Crippen molar-refractivity contribution in [3.05, 3.63) is 63.1 Å². The van der Waals surface area contributed by atoms with Crippen LogP contribution in [0.2, 0.25) is 15.1 Å². The van der Waals surface area contributed by atoms with Crippen LogP contribution in [-0.2, 0) is 11.3 Å². The molecule has 0 saturated carbocycles. The van der Waals surface area contributed by atoms with E-state index in [1.807, 2.05) is 0 Å². The number of nitrogens with zero attached hydrogens (tertiary/aromatic N) is 2. The van der Waals surface area contributed by atoms with Crippen molar-refractivity contribution in [3.8, 4) is 11.4 Å². The lowest BCUT2D eigenvalue weighted by Crippen LogP contribution is -2.11. The van der Waals surface area contributed by atoms with E-state index in [4.69, 9.17) is 44.0 Å². The van der Waals surface area contributed by atoms with Crippen molar-refractivity contribution in [3.63, 3.8) is 0 Å². The molecule has 2 aromatic heterocycles. The minimum atomic E-state index is -0.681. The first kappa shape index (κ1) is 18.5. The van der Waals surface area contributed by atoms with Crippen molar-refractivity contribution in [2.45, 2.75) is 6.54 Å². The van der Waals surface area contributed by atoms with Crippen LogP contribution < -0.4 is 5.32 Å². The second-order valence-electron chi connectivity index (χ2n) is 5.11. The summed E-state index contributed by atoms with van der Waals surface area (Å²) in [6.45, 7) is 0.325. The molecule has 0 amide bonds. The van der Waals surface area contributed by atoms with Gasteiger partial charge in [0.25, 0.3) is 0 Å². The predicted molar refractivity (Wildman–Crippen MR) is 99.9 cm³/mol. The monoisotopic (exact) mass is 411 g/mol. The summed E-state index contributed by atoms with van der Waals surface area (Å²) in [5.74, 6) is 0.505. The van der Waals surface area contributed by atoms with Crippen molar-refractivity contribution in [2.75, 3.05) is 12.4 Å². The summed E-state index contributed by atoms with van der Waals surface area (Å²) in [6, 6.07) is 8.47. The largest absolute Gasteiger partial charge is 0.467 e. The van der Waals surface area contributed by atoms with Gasteiger partial charge >= 0.3 is 5.97 Å². The van der Waals surface area contributed by atoms with Crippen molar-refractivity contribution in [2.24, 2.45) is 0 Å². The lowest BCUT2D eigenvalue weighted by Gasteiger charge is -2.12. The van der Waals surface area contributed by atoms with Gasteiger partial charge in [-0.25, -0.2) is 14.8 Å². The third-order valence-electron chi connectivity index (χ3n) is 3.42. The van der Waals surface area contributed by atoms with Crippen molar-refractivity contribution in [1.29, 1.82) is 0 Å². The van der Waals surface area contributed by atoms with Crippen molar-refractivity contribution in [1.82, 2.24) is 9.97 Å². The summed E-state index contributed by atoms with van der Waals surface area (Å²) in [5.41, 5.74) is 0.509.